The average Bonchev–Trinajstić information content (AvgIpc) is 2.56. The van der Waals surface area contributed by atoms with Crippen molar-refractivity contribution in [2.24, 2.45) is 0 Å². The van der Waals surface area contributed by atoms with Crippen LogP contribution in [-0.2, 0) is 4.79 Å². The summed E-state index contributed by atoms with van der Waals surface area (Å²) in [4.78, 5) is 17.0. The van der Waals surface area contributed by atoms with Gasteiger partial charge in [0.15, 0.2) is 6.61 Å². The minimum absolute atomic E-state index is 0.117. The van der Waals surface area contributed by atoms with Gasteiger partial charge in [-0.3, -0.25) is 4.79 Å². The van der Waals surface area contributed by atoms with Gasteiger partial charge in [-0.1, -0.05) is 31.5 Å². The molecule has 1 aliphatic rings. The number of unbranched alkanes of at least 4 members (excludes halogenated alkanes) is 1. The summed E-state index contributed by atoms with van der Waals surface area (Å²) in [5.74, 6) is 0.876. The quantitative estimate of drug-likeness (QED) is 0.776. The van der Waals surface area contributed by atoms with Crippen molar-refractivity contribution in [3.63, 3.8) is 0 Å². The molecule has 4 heteroatoms. The van der Waals surface area contributed by atoms with Gasteiger partial charge in [0.05, 0.1) is 0 Å². The molecule has 0 N–H and O–H groups in total. The van der Waals surface area contributed by atoms with Crippen molar-refractivity contribution in [1.82, 2.24) is 9.80 Å². The lowest BCUT2D eigenvalue weighted by Gasteiger charge is -2.37. The van der Waals surface area contributed by atoms with E-state index in [4.69, 9.17) is 4.74 Å². The topological polar surface area (TPSA) is 32.8 Å². The van der Waals surface area contributed by atoms with Gasteiger partial charge < -0.3 is 14.5 Å². The molecule has 1 saturated heterocycles. The highest BCUT2D eigenvalue weighted by Crippen LogP contribution is 2.17. The van der Waals surface area contributed by atoms with Crippen molar-refractivity contribution in [3.05, 3.63) is 30.3 Å². The number of rotatable bonds is 7. The summed E-state index contributed by atoms with van der Waals surface area (Å²) >= 11 is 0. The van der Waals surface area contributed by atoms with E-state index in [1.165, 1.54) is 0 Å². The van der Waals surface area contributed by atoms with Crippen molar-refractivity contribution in [1.29, 1.82) is 0 Å². The molecule has 1 heterocycles. The molecular formula is C18H28N2O2. The van der Waals surface area contributed by atoms with Gasteiger partial charge in [0, 0.05) is 12.6 Å². The minimum atomic E-state index is 0.117. The predicted molar refractivity (Wildman–Crippen MR) is 89.1 cm³/mol. The van der Waals surface area contributed by atoms with E-state index < -0.39 is 0 Å². The number of hydrogen-bond donors (Lipinski definition) is 0. The molecule has 4 nitrogen and oxygen atoms in total. The summed E-state index contributed by atoms with van der Waals surface area (Å²) in [6.45, 7) is 5.29. The van der Waals surface area contributed by atoms with E-state index in [0.717, 1.165) is 51.1 Å². The van der Waals surface area contributed by atoms with Gasteiger partial charge >= 0.3 is 0 Å². The zero-order valence-electron chi connectivity index (χ0n) is 13.8. The molecule has 2 rings (SSSR count). The van der Waals surface area contributed by atoms with E-state index >= 15 is 0 Å². The van der Waals surface area contributed by atoms with Crippen LogP contribution in [0.5, 0.6) is 5.75 Å². The van der Waals surface area contributed by atoms with Gasteiger partial charge in [0.25, 0.3) is 5.91 Å². The number of para-hydroxylation sites is 1. The minimum Gasteiger partial charge on any atom is -0.484 e. The maximum Gasteiger partial charge on any atom is 0.260 e. The highest BCUT2D eigenvalue weighted by Gasteiger charge is 2.26. The highest BCUT2D eigenvalue weighted by molar-refractivity contribution is 5.78. The summed E-state index contributed by atoms with van der Waals surface area (Å²) in [5, 5.41) is 0. The third-order valence-corrected chi connectivity index (χ3v) is 4.31. The van der Waals surface area contributed by atoms with Crippen molar-refractivity contribution in [2.75, 3.05) is 33.3 Å². The van der Waals surface area contributed by atoms with E-state index in [2.05, 4.69) is 23.8 Å². The third kappa shape index (κ3) is 5.02. The first kappa shape index (κ1) is 16.8. The number of benzene rings is 1. The van der Waals surface area contributed by atoms with E-state index in [0.29, 0.717) is 6.04 Å². The van der Waals surface area contributed by atoms with Gasteiger partial charge in [0.2, 0.25) is 0 Å². The standard InChI is InChI=1S/C18H28N2O2/c1-3-4-12-20(16-10-13-19(2)14-11-16)18(21)15-22-17-8-6-5-7-9-17/h5-9,16H,3-4,10-15H2,1-2H3. The molecule has 122 valence electrons. The Balaban J connectivity index is 1.90. The molecule has 22 heavy (non-hydrogen) atoms. The molecule has 1 aliphatic heterocycles. The normalized spacial score (nSPS) is 16.5. The van der Waals surface area contributed by atoms with Gasteiger partial charge in [-0.05, 0) is 51.5 Å². The Morgan fingerprint density at radius 1 is 1.27 bits per heavy atom. The fraction of sp³-hybridized carbons (Fsp3) is 0.611. The summed E-state index contributed by atoms with van der Waals surface area (Å²) < 4.78 is 5.64. The van der Waals surface area contributed by atoms with Crippen LogP contribution < -0.4 is 4.74 Å². The van der Waals surface area contributed by atoms with Crippen LogP contribution in [0.1, 0.15) is 32.6 Å². The molecule has 0 aromatic heterocycles. The second-order valence-corrected chi connectivity index (χ2v) is 6.08. The second kappa shape index (κ2) is 8.79. The average molecular weight is 304 g/mol. The molecule has 1 fully saturated rings. The lowest BCUT2D eigenvalue weighted by Crippen LogP contribution is -2.48. The number of nitrogens with zero attached hydrogens (tertiary/aromatic N) is 2. The molecule has 0 radical (unpaired) electrons. The number of hydrogen-bond acceptors (Lipinski definition) is 3. The number of carbonyl (C=O) groups excluding carboxylic acids is 1. The molecule has 0 bridgehead atoms. The van der Waals surface area contributed by atoms with Crippen molar-refractivity contribution >= 4 is 5.91 Å². The third-order valence-electron chi connectivity index (χ3n) is 4.31. The predicted octanol–water partition coefficient (Wildman–Crippen LogP) is 2.79. The van der Waals surface area contributed by atoms with Gasteiger partial charge in [-0.25, -0.2) is 0 Å². The van der Waals surface area contributed by atoms with Gasteiger partial charge in [-0.15, -0.1) is 0 Å². The fourth-order valence-electron chi connectivity index (χ4n) is 2.89. The summed E-state index contributed by atoms with van der Waals surface area (Å²) in [7, 11) is 2.15. The highest BCUT2D eigenvalue weighted by atomic mass is 16.5. The first-order chi connectivity index (χ1) is 10.7. The summed E-state index contributed by atoms with van der Waals surface area (Å²) in [5.41, 5.74) is 0. The van der Waals surface area contributed by atoms with Crippen molar-refractivity contribution in [2.45, 2.75) is 38.6 Å². The molecule has 1 amide bonds. The molecule has 0 aliphatic carbocycles. The zero-order valence-corrected chi connectivity index (χ0v) is 13.8. The Labute approximate surface area is 134 Å². The fourth-order valence-corrected chi connectivity index (χ4v) is 2.89. The van der Waals surface area contributed by atoms with E-state index in [1.807, 2.05) is 30.3 Å². The molecule has 0 saturated carbocycles. The zero-order chi connectivity index (χ0) is 15.8. The molecule has 0 atom stereocenters. The number of amides is 1. The first-order valence-electron chi connectivity index (χ1n) is 8.36. The Hall–Kier alpha value is -1.55. The SMILES string of the molecule is CCCCN(C(=O)COc1ccccc1)C1CCN(C)CC1. The molecule has 0 spiro atoms. The van der Waals surface area contributed by atoms with Crippen LogP contribution in [0.4, 0.5) is 0 Å². The van der Waals surface area contributed by atoms with Crippen LogP contribution in [0.3, 0.4) is 0 Å². The summed E-state index contributed by atoms with van der Waals surface area (Å²) in [6.07, 6.45) is 4.30. The van der Waals surface area contributed by atoms with Crippen LogP contribution in [-0.4, -0.2) is 55.0 Å². The molecular weight excluding hydrogens is 276 g/mol. The van der Waals surface area contributed by atoms with Gasteiger partial charge in [0.1, 0.15) is 5.75 Å². The smallest absolute Gasteiger partial charge is 0.260 e. The van der Waals surface area contributed by atoms with Crippen LogP contribution in [0, 0.1) is 0 Å². The van der Waals surface area contributed by atoms with Crippen LogP contribution >= 0.6 is 0 Å². The Morgan fingerprint density at radius 2 is 1.95 bits per heavy atom. The summed E-state index contributed by atoms with van der Waals surface area (Å²) in [6, 6.07) is 9.94. The first-order valence-corrected chi connectivity index (χ1v) is 8.36. The molecule has 1 aromatic rings. The van der Waals surface area contributed by atoms with Gasteiger partial charge in [-0.2, -0.15) is 0 Å². The number of carbonyl (C=O) groups is 1. The van der Waals surface area contributed by atoms with Crippen LogP contribution in [0.2, 0.25) is 0 Å². The van der Waals surface area contributed by atoms with Crippen molar-refractivity contribution in [3.8, 4) is 5.75 Å². The number of ether oxygens (including phenoxy) is 1. The second-order valence-electron chi connectivity index (χ2n) is 6.08. The lowest BCUT2D eigenvalue weighted by atomic mass is 10.0. The largest absolute Gasteiger partial charge is 0.484 e. The lowest BCUT2D eigenvalue weighted by molar-refractivity contribution is -0.136. The monoisotopic (exact) mass is 304 g/mol. The van der Waals surface area contributed by atoms with Crippen LogP contribution in [0.25, 0.3) is 0 Å². The van der Waals surface area contributed by atoms with E-state index in [-0.39, 0.29) is 12.5 Å². The maximum absolute atomic E-state index is 12.6. The van der Waals surface area contributed by atoms with E-state index in [1.54, 1.807) is 0 Å². The maximum atomic E-state index is 12.6. The number of piperidine rings is 1. The Morgan fingerprint density at radius 3 is 2.59 bits per heavy atom. The molecule has 0 unspecified atom stereocenters. The Bertz CT molecular complexity index is 442. The number of likely N-dealkylation sites (tertiary alicyclic amines) is 1. The van der Waals surface area contributed by atoms with Crippen LogP contribution in [0.15, 0.2) is 30.3 Å². The Kier molecular flexibility index (Phi) is 6.72. The van der Waals surface area contributed by atoms with Crippen molar-refractivity contribution < 1.29 is 9.53 Å². The molecule has 1 aromatic carbocycles. The van der Waals surface area contributed by atoms with E-state index in [9.17, 15) is 4.79 Å².